The van der Waals surface area contributed by atoms with Crippen LogP contribution < -0.4 is 15.5 Å². The number of guanidine groups is 1. The standard InChI is InChI=1S/C16H29N5O2S.HI/c1-4-17-15(18-7-13-11-24-16(20-13)21(2)3)19-8-14(22)10-23-9-12-5-6-12;/h11-12,14,22H,4-10H2,1-3H3,(H2,17,18,19);1H. The molecule has 0 aromatic carbocycles. The minimum absolute atomic E-state index is 0. The lowest BCUT2D eigenvalue weighted by Gasteiger charge is -2.15. The zero-order valence-corrected chi connectivity index (χ0v) is 18.3. The van der Waals surface area contributed by atoms with Gasteiger partial charge in [-0.2, -0.15) is 0 Å². The van der Waals surface area contributed by atoms with Crippen LogP contribution >= 0.6 is 35.3 Å². The van der Waals surface area contributed by atoms with Crippen LogP contribution in [0.3, 0.4) is 0 Å². The first-order valence-corrected chi connectivity index (χ1v) is 9.36. The number of anilines is 1. The first-order chi connectivity index (χ1) is 11.6. The Bertz CT molecular complexity index is 522. The number of aliphatic hydroxyl groups excluding tert-OH is 1. The Kier molecular flexibility index (Phi) is 10.6. The summed E-state index contributed by atoms with van der Waals surface area (Å²) in [7, 11) is 3.95. The number of aromatic nitrogens is 1. The summed E-state index contributed by atoms with van der Waals surface area (Å²) in [6, 6.07) is 0. The molecule has 0 spiro atoms. The highest BCUT2D eigenvalue weighted by molar-refractivity contribution is 14.0. The second-order valence-electron chi connectivity index (χ2n) is 6.23. The number of aliphatic hydroxyl groups is 1. The molecule has 1 heterocycles. The van der Waals surface area contributed by atoms with Crippen molar-refractivity contribution in [2.75, 3.05) is 45.3 Å². The average molecular weight is 483 g/mol. The van der Waals surface area contributed by atoms with Crippen molar-refractivity contribution in [3.63, 3.8) is 0 Å². The predicted octanol–water partition coefficient (Wildman–Crippen LogP) is 1.67. The molecular formula is C16H30IN5O2S. The van der Waals surface area contributed by atoms with Gasteiger partial charge in [0.05, 0.1) is 24.9 Å². The van der Waals surface area contributed by atoms with Gasteiger partial charge in [0.1, 0.15) is 0 Å². The first-order valence-electron chi connectivity index (χ1n) is 8.48. The van der Waals surface area contributed by atoms with Gasteiger partial charge in [-0.05, 0) is 25.7 Å². The molecule has 3 N–H and O–H groups in total. The lowest BCUT2D eigenvalue weighted by molar-refractivity contribution is 0.0345. The van der Waals surface area contributed by atoms with Gasteiger partial charge in [0.15, 0.2) is 11.1 Å². The lowest BCUT2D eigenvalue weighted by Crippen LogP contribution is -2.42. The van der Waals surface area contributed by atoms with Gasteiger partial charge in [-0.3, -0.25) is 0 Å². The number of ether oxygens (including phenoxy) is 1. The third-order valence-corrected chi connectivity index (χ3v) is 4.59. The van der Waals surface area contributed by atoms with E-state index in [0.29, 0.717) is 31.6 Å². The van der Waals surface area contributed by atoms with Crippen LogP contribution in [0.2, 0.25) is 0 Å². The topological polar surface area (TPSA) is 82.0 Å². The minimum atomic E-state index is -0.535. The molecule has 1 aliphatic rings. The predicted molar refractivity (Wildman–Crippen MR) is 114 cm³/mol. The quantitative estimate of drug-likeness (QED) is 0.267. The molecule has 0 aliphatic heterocycles. The molecule has 7 nitrogen and oxygen atoms in total. The fraction of sp³-hybridized carbons (Fsp3) is 0.750. The lowest BCUT2D eigenvalue weighted by atomic mass is 10.4. The Morgan fingerprint density at radius 2 is 2.24 bits per heavy atom. The van der Waals surface area contributed by atoms with Crippen LogP contribution in [0.5, 0.6) is 0 Å². The Balaban J connectivity index is 0.00000312. The average Bonchev–Trinajstić information content (AvgIpc) is 3.24. The van der Waals surface area contributed by atoms with E-state index in [1.807, 2.05) is 31.3 Å². The van der Waals surface area contributed by atoms with Crippen LogP contribution in [0.15, 0.2) is 10.4 Å². The minimum Gasteiger partial charge on any atom is -0.389 e. The highest BCUT2D eigenvalue weighted by Crippen LogP contribution is 2.28. The summed E-state index contributed by atoms with van der Waals surface area (Å²) in [5.41, 5.74) is 0.939. The molecule has 0 saturated heterocycles. The molecule has 1 atom stereocenters. The summed E-state index contributed by atoms with van der Waals surface area (Å²) in [5, 5.41) is 19.3. The fourth-order valence-corrected chi connectivity index (χ4v) is 2.75. The molecule has 1 fully saturated rings. The van der Waals surface area contributed by atoms with Crippen molar-refractivity contribution in [1.29, 1.82) is 0 Å². The van der Waals surface area contributed by atoms with E-state index in [1.54, 1.807) is 11.3 Å². The smallest absolute Gasteiger partial charge is 0.191 e. The normalized spacial score (nSPS) is 15.4. The second kappa shape index (κ2) is 11.9. The number of halogens is 1. The van der Waals surface area contributed by atoms with E-state index in [0.717, 1.165) is 24.0 Å². The van der Waals surface area contributed by atoms with Gasteiger partial charge in [0, 0.05) is 39.2 Å². The molecule has 0 bridgehead atoms. The molecule has 25 heavy (non-hydrogen) atoms. The molecule has 1 aromatic rings. The summed E-state index contributed by atoms with van der Waals surface area (Å²) in [5.74, 6) is 1.40. The van der Waals surface area contributed by atoms with Crippen LogP contribution in [0.1, 0.15) is 25.5 Å². The summed E-state index contributed by atoms with van der Waals surface area (Å²) in [6.07, 6.45) is 1.99. The first kappa shape index (κ1) is 22.4. The van der Waals surface area contributed by atoms with Crippen molar-refractivity contribution in [2.24, 2.45) is 10.9 Å². The van der Waals surface area contributed by atoms with Crippen molar-refractivity contribution in [1.82, 2.24) is 15.6 Å². The second-order valence-corrected chi connectivity index (χ2v) is 7.06. The maximum atomic E-state index is 9.96. The number of aliphatic imine (C=N–C) groups is 1. The maximum Gasteiger partial charge on any atom is 0.191 e. The summed E-state index contributed by atoms with van der Waals surface area (Å²) in [6.45, 7) is 4.83. The van der Waals surface area contributed by atoms with E-state index < -0.39 is 6.10 Å². The maximum absolute atomic E-state index is 9.96. The van der Waals surface area contributed by atoms with E-state index in [-0.39, 0.29) is 24.0 Å². The SMILES string of the molecule is CCNC(=NCc1csc(N(C)C)n1)NCC(O)COCC1CC1.I. The van der Waals surface area contributed by atoms with Gasteiger partial charge in [0.2, 0.25) is 0 Å². The van der Waals surface area contributed by atoms with Crippen LogP contribution in [-0.2, 0) is 11.3 Å². The molecule has 2 rings (SSSR count). The Hall–Kier alpha value is -0.650. The molecule has 1 unspecified atom stereocenters. The zero-order chi connectivity index (χ0) is 17.4. The number of rotatable bonds is 10. The third kappa shape index (κ3) is 9.02. The largest absolute Gasteiger partial charge is 0.389 e. The van der Waals surface area contributed by atoms with E-state index in [2.05, 4.69) is 20.6 Å². The van der Waals surface area contributed by atoms with Gasteiger partial charge < -0.3 is 25.4 Å². The van der Waals surface area contributed by atoms with Gasteiger partial charge in [-0.25, -0.2) is 9.98 Å². The van der Waals surface area contributed by atoms with Gasteiger partial charge in [0.25, 0.3) is 0 Å². The van der Waals surface area contributed by atoms with Crippen LogP contribution in [0.25, 0.3) is 0 Å². The number of nitrogens with one attached hydrogen (secondary N) is 2. The van der Waals surface area contributed by atoms with Crippen molar-refractivity contribution in [3.8, 4) is 0 Å². The van der Waals surface area contributed by atoms with Crippen molar-refractivity contribution < 1.29 is 9.84 Å². The number of hydrogen-bond acceptors (Lipinski definition) is 6. The third-order valence-electron chi connectivity index (χ3n) is 3.53. The molecule has 1 aliphatic carbocycles. The number of thiazole rings is 1. The molecule has 1 saturated carbocycles. The van der Waals surface area contributed by atoms with E-state index >= 15 is 0 Å². The Morgan fingerprint density at radius 1 is 1.48 bits per heavy atom. The van der Waals surface area contributed by atoms with Crippen LogP contribution in [0.4, 0.5) is 5.13 Å². The summed E-state index contributed by atoms with van der Waals surface area (Å²) >= 11 is 1.61. The molecule has 9 heteroatoms. The van der Waals surface area contributed by atoms with Gasteiger partial charge >= 0.3 is 0 Å². The van der Waals surface area contributed by atoms with E-state index in [1.165, 1.54) is 12.8 Å². The molecule has 144 valence electrons. The molecular weight excluding hydrogens is 453 g/mol. The summed E-state index contributed by atoms with van der Waals surface area (Å²) in [4.78, 5) is 11.0. The van der Waals surface area contributed by atoms with Crippen LogP contribution in [0, 0.1) is 5.92 Å². The number of hydrogen-bond donors (Lipinski definition) is 3. The zero-order valence-electron chi connectivity index (χ0n) is 15.2. The van der Waals surface area contributed by atoms with Gasteiger partial charge in [-0.1, -0.05) is 0 Å². The summed E-state index contributed by atoms with van der Waals surface area (Å²) < 4.78 is 5.50. The Labute approximate surface area is 171 Å². The highest BCUT2D eigenvalue weighted by Gasteiger charge is 2.21. The van der Waals surface area contributed by atoms with E-state index in [4.69, 9.17) is 4.74 Å². The highest BCUT2D eigenvalue weighted by atomic mass is 127. The van der Waals surface area contributed by atoms with Crippen molar-refractivity contribution in [3.05, 3.63) is 11.1 Å². The van der Waals surface area contributed by atoms with Gasteiger partial charge in [-0.15, -0.1) is 35.3 Å². The van der Waals surface area contributed by atoms with E-state index in [9.17, 15) is 5.11 Å². The Morgan fingerprint density at radius 3 is 2.84 bits per heavy atom. The van der Waals surface area contributed by atoms with Crippen molar-refractivity contribution >= 4 is 46.4 Å². The van der Waals surface area contributed by atoms with Crippen molar-refractivity contribution in [2.45, 2.75) is 32.4 Å². The van der Waals surface area contributed by atoms with Crippen LogP contribution in [-0.4, -0.2) is 62.6 Å². The number of nitrogens with zero attached hydrogens (tertiary/aromatic N) is 3. The fourth-order valence-electron chi connectivity index (χ4n) is 2.00. The molecule has 0 amide bonds. The molecule has 1 aromatic heterocycles. The molecule has 0 radical (unpaired) electrons. The monoisotopic (exact) mass is 483 g/mol.